The SMILES string of the molecule is NC1CCN(c2nc3ccc(F)cc3s2)C1. The van der Waals surface area contributed by atoms with E-state index < -0.39 is 0 Å². The number of nitrogens with two attached hydrogens (primary N) is 1. The van der Waals surface area contributed by atoms with Crippen LogP contribution in [0.25, 0.3) is 10.2 Å². The Kier molecular flexibility index (Phi) is 2.29. The van der Waals surface area contributed by atoms with Gasteiger partial charge in [-0.1, -0.05) is 11.3 Å². The van der Waals surface area contributed by atoms with E-state index in [0.29, 0.717) is 0 Å². The van der Waals surface area contributed by atoms with Crippen LogP contribution in [0.2, 0.25) is 0 Å². The lowest BCUT2D eigenvalue weighted by Crippen LogP contribution is -2.26. The maximum absolute atomic E-state index is 13.0. The molecule has 0 bridgehead atoms. The molecule has 2 N–H and O–H groups in total. The van der Waals surface area contributed by atoms with Crippen molar-refractivity contribution >= 4 is 26.7 Å². The molecule has 1 aromatic carbocycles. The first-order valence-electron chi connectivity index (χ1n) is 5.29. The van der Waals surface area contributed by atoms with Gasteiger partial charge in [-0.2, -0.15) is 0 Å². The molecule has 0 saturated carbocycles. The normalized spacial score (nSPS) is 20.9. The molecule has 1 unspecified atom stereocenters. The molecule has 3 nitrogen and oxygen atoms in total. The van der Waals surface area contributed by atoms with Crippen molar-refractivity contribution in [2.75, 3.05) is 18.0 Å². The molecule has 1 aliphatic rings. The van der Waals surface area contributed by atoms with E-state index in [2.05, 4.69) is 9.88 Å². The quantitative estimate of drug-likeness (QED) is 0.824. The van der Waals surface area contributed by atoms with Crippen LogP contribution in [0, 0.1) is 5.82 Å². The second kappa shape index (κ2) is 3.68. The Morgan fingerprint density at radius 3 is 3.12 bits per heavy atom. The summed E-state index contributed by atoms with van der Waals surface area (Å²) >= 11 is 1.53. The highest BCUT2D eigenvalue weighted by Gasteiger charge is 2.21. The van der Waals surface area contributed by atoms with Gasteiger partial charge in [0.2, 0.25) is 0 Å². The largest absolute Gasteiger partial charge is 0.346 e. The second-order valence-corrected chi connectivity index (χ2v) is 5.11. The number of hydrogen-bond donors (Lipinski definition) is 1. The first-order valence-corrected chi connectivity index (χ1v) is 6.10. The Labute approximate surface area is 96.7 Å². The number of fused-ring (bicyclic) bond motifs is 1. The predicted molar refractivity (Wildman–Crippen MR) is 64.4 cm³/mol. The number of hydrogen-bond acceptors (Lipinski definition) is 4. The van der Waals surface area contributed by atoms with Crippen LogP contribution in [-0.4, -0.2) is 24.1 Å². The van der Waals surface area contributed by atoms with Crippen molar-refractivity contribution in [3.05, 3.63) is 24.0 Å². The van der Waals surface area contributed by atoms with Crippen LogP contribution >= 0.6 is 11.3 Å². The van der Waals surface area contributed by atoms with Crippen molar-refractivity contribution in [2.24, 2.45) is 5.73 Å². The van der Waals surface area contributed by atoms with Crippen LogP contribution in [0.3, 0.4) is 0 Å². The van der Waals surface area contributed by atoms with Gasteiger partial charge >= 0.3 is 0 Å². The molecule has 5 heteroatoms. The van der Waals surface area contributed by atoms with Gasteiger partial charge in [-0.25, -0.2) is 9.37 Å². The van der Waals surface area contributed by atoms with E-state index in [9.17, 15) is 4.39 Å². The number of nitrogens with zero attached hydrogens (tertiary/aromatic N) is 2. The first-order chi connectivity index (χ1) is 7.72. The van der Waals surface area contributed by atoms with Gasteiger partial charge in [0.25, 0.3) is 0 Å². The molecule has 0 radical (unpaired) electrons. The number of anilines is 1. The van der Waals surface area contributed by atoms with Crippen LogP contribution in [0.15, 0.2) is 18.2 Å². The van der Waals surface area contributed by atoms with E-state index in [1.54, 1.807) is 6.07 Å². The summed E-state index contributed by atoms with van der Waals surface area (Å²) in [6.07, 6.45) is 1.00. The molecule has 16 heavy (non-hydrogen) atoms. The van der Waals surface area contributed by atoms with Gasteiger partial charge in [0.15, 0.2) is 5.13 Å². The maximum atomic E-state index is 13.0. The minimum atomic E-state index is -0.208. The zero-order valence-electron chi connectivity index (χ0n) is 8.69. The van der Waals surface area contributed by atoms with Gasteiger partial charge in [-0.05, 0) is 24.6 Å². The topological polar surface area (TPSA) is 42.1 Å². The van der Waals surface area contributed by atoms with Crippen molar-refractivity contribution in [2.45, 2.75) is 12.5 Å². The van der Waals surface area contributed by atoms with Gasteiger partial charge < -0.3 is 10.6 Å². The zero-order chi connectivity index (χ0) is 11.1. The maximum Gasteiger partial charge on any atom is 0.186 e. The van der Waals surface area contributed by atoms with E-state index in [1.165, 1.54) is 23.5 Å². The monoisotopic (exact) mass is 237 g/mol. The molecule has 1 fully saturated rings. The van der Waals surface area contributed by atoms with Gasteiger partial charge in [-0.15, -0.1) is 0 Å². The standard InChI is InChI=1S/C11H12FN3S/c12-7-1-2-9-10(5-7)16-11(14-9)15-4-3-8(13)6-15/h1-2,5,8H,3-4,6,13H2. The van der Waals surface area contributed by atoms with Gasteiger partial charge in [0.05, 0.1) is 10.2 Å². The fourth-order valence-corrected chi connectivity index (χ4v) is 3.01. The molecular formula is C11H12FN3S. The third-order valence-corrected chi connectivity index (χ3v) is 3.91. The van der Waals surface area contributed by atoms with Crippen LogP contribution in [0.1, 0.15) is 6.42 Å². The summed E-state index contributed by atoms with van der Waals surface area (Å²) in [5.74, 6) is -0.208. The summed E-state index contributed by atoms with van der Waals surface area (Å²) in [7, 11) is 0. The number of halogens is 1. The van der Waals surface area contributed by atoms with Crippen LogP contribution in [0.5, 0.6) is 0 Å². The van der Waals surface area contributed by atoms with Crippen LogP contribution in [-0.2, 0) is 0 Å². The Morgan fingerprint density at radius 2 is 2.38 bits per heavy atom. The predicted octanol–water partition coefficient (Wildman–Crippen LogP) is 1.97. The average Bonchev–Trinajstić information content (AvgIpc) is 2.83. The summed E-state index contributed by atoms with van der Waals surface area (Å²) in [5.41, 5.74) is 6.72. The summed E-state index contributed by atoms with van der Waals surface area (Å²) in [6.45, 7) is 1.80. The smallest absolute Gasteiger partial charge is 0.186 e. The van der Waals surface area contributed by atoms with E-state index >= 15 is 0 Å². The van der Waals surface area contributed by atoms with Crippen molar-refractivity contribution in [1.29, 1.82) is 0 Å². The first kappa shape index (κ1) is 9.99. The fraction of sp³-hybridized carbons (Fsp3) is 0.364. The number of aromatic nitrogens is 1. The molecule has 0 amide bonds. The summed E-state index contributed by atoms with van der Waals surface area (Å²) in [5, 5.41) is 0.952. The minimum Gasteiger partial charge on any atom is -0.346 e. The number of rotatable bonds is 1. The van der Waals surface area contributed by atoms with Crippen molar-refractivity contribution < 1.29 is 4.39 Å². The number of benzene rings is 1. The summed E-state index contributed by atoms with van der Waals surface area (Å²) in [4.78, 5) is 6.67. The lowest BCUT2D eigenvalue weighted by Gasteiger charge is -2.12. The number of thiazole rings is 1. The molecule has 3 rings (SSSR count). The van der Waals surface area contributed by atoms with Crippen LogP contribution in [0.4, 0.5) is 9.52 Å². The molecule has 2 heterocycles. The van der Waals surface area contributed by atoms with Crippen LogP contribution < -0.4 is 10.6 Å². The summed E-state index contributed by atoms with van der Waals surface area (Å²) in [6, 6.07) is 4.94. The lowest BCUT2D eigenvalue weighted by molar-refractivity contribution is 0.630. The molecule has 0 aliphatic carbocycles. The van der Waals surface area contributed by atoms with Crippen molar-refractivity contribution in [3.63, 3.8) is 0 Å². The fourth-order valence-electron chi connectivity index (χ4n) is 1.98. The van der Waals surface area contributed by atoms with Gasteiger partial charge in [-0.3, -0.25) is 0 Å². The Balaban J connectivity index is 1.99. The molecule has 0 spiro atoms. The third kappa shape index (κ3) is 1.66. The Hall–Kier alpha value is -1.20. The van der Waals surface area contributed by atoms with Crippen molar-refractivity contribution in [1.82, 2.24) is 4.98 Å². The average molecular weight is 237 g/mol. The molecular weight excluding hydrogens is 225 g/mol. The lowest BCUT2D eigenvalue weighted by atomic mass is 10.3. The van der Waals surface area contributed by atoms with E-state index in [0.717, 1.165) is 34.9 Å². The molecule has 2 aromatic rings. The third-order valence-electron chi connectivity index (χ3n) is 2.83. The Morgan fingerprint density at radius 1 is 1.50 bits per heavy atom. The molecule has 1 atom stereocenters. The minimum absolute atomic E-state index is 0.208. The highest BCUT2D eigenvalue weighted by molar-refractivity contribution is 7.22. The van der Waals surface area contributed by atoms with Gasteiger partial charge in [0, 0.05) is 19.1 Å². The van der Waals surface area contributed by atoms with E-state index in [1.807, 2.05) is 0 Å². The van der Waals surface area contributed by atoms with Crippen molar-refractivity contribution in [3.8, 4) is 0 Å². The Bertz CT molecular complexity index is 525. The highest BCUT2D eigenvalue weighted by Crippen LogP contribution is 2.30. The molecule has 1 aliphatic heterocycles. The molecule has 1 saturated heterocycles. The van der Waals surface area contributed by atoms with Gasteiger partial charge in [0.1, 0.15) is 5.82 Å². The summed E-state index contributed by atoms with van der Waals surface area (Å²) < 4.78 is 13.9. The molecule has 84 valence electrons. The van der Waals surface area contributed by atoms with E-state index in [-0.39, 0.29) is 11.9 Å². The second-order valence-electron chi connectivity index (χ2n) is 4.10. The van der Waals surface area contributed by atoms with E-state index in [4.69, 9.17) is 5.73 Å². The molecule has 1 aromatic heterocycles. The highest BCUT2D eigenvalue weighted by atomic mass is 32.1. The zero-order valence-corrected chi connectivity index (χ0v) is 9.51.